The van der Waals surface area contributed by atoms with E-state index in [0.29, 0.717) is 44.1 Å². The number of carbonyl (C=O) groups excluding carboxylic acids is 3. The van der Waals surface area contributed by atoms with Crippen molar-refractivity contribution in [2.24, 2.45) is 50.2 Å². The number of aliphatic hydroxyl groups is 12. The van der Waals surface area contributed by atoms with Crippen molar-refractivity contribution in [3.05, 3.63) is 11.6 Å². The van der Waals surface area contributed by atoms with Gasteiger partial charge in [-0.25, -0.2) is 9.59 Å². The molecule has 2 bridgehead atoms. The Morgan fingerprint density at radius 2 is 1.13 bits per heavy atom. The molecule has 93 heavy (non-hydrogen) atoms. The highest BCUT2D eigenvalue weighted by atomic mass is 16.8. The van der Waals surface area contributed by atoms with Crippen molar-refractivity contribution in [1.29, 1.82) is 0 Å². The maximum atomic E-state index is 13.8. The zero-order valence-corrected chi connectivity index (χ0v) is 54.9. The van der Waals surface area contributed by atoms with Gasteiger partial charge in [-0.05, 0) is 100 Å². The molecule has 5 heterocycles. The molecule has 0 amide bonds. The van der Waals surface area contributed by atoms with Gasteiger partial charge in [0.05, 0.1) is 31.0 Å². The minimum atomic E-state index is -2.31. The summed E-state index contributed by atoms with van der Waals surface area (Å²) in [6.45, 7) is 20.3. The van der Waals surface area contributed by atoms with Gasteiger partial charge in [-0.15, -0.1) is 0 Å². The zero-order valence-electron chi connectivity index (χ0n) is 54.9. The van der Waals surface area contributed by atoms with E-state index >= 15 is 0 Å². The molecular weight excluding hydrogens is 1230 g/mol. The second-order valence-electron chi connectivity index (χ2n) is 30.0. The number of ether oxygens (including phenoxy) is 12. The number of esters is 3. The van der Waals surface area contributed by atoms with Gasteiger partial charge >= 0.3 is 23.9 Å². The largest absolute Gasteiger partial charge is 0.479 e. The van der Waals surface area contributed by atoms with Crippen LogP contribution in [0.1, 0.15) is 141 Å². The summed E-state index contributed by atoms with van der Waals surface area (Å²) in [7, 11) is 0. The van der Waals surface area contributed by atoms with Crippen molar-refractivity contribution in [3.8, 4) is 0 Å². The summed E-state index contributed by atoms with van der Waals surface area (Å²) in [5.41, 5.74) is -6.14. The average molecular weight is 1330 g/mol. The lowest BCUT2D eigenvalue weighted by Crippen LogP contribution is -2.77. The second kappa shape index (κ2) is 26.1. The molecule has 29 nitrogen and oxygen atoms in total. The first-order chi connectivity index (χ1) is 43.4. The molecule has 5 aliphatic heterocycles. The van der Waals surface area contributed by atoms with E-state index < -0.39 is 235 Å². The molecule has 33 atom stereocenters. The van der Waals surface area contributed by atoms with Crippen molar-refractivity contribution >= 4 is 23.9 Å². The Hall–Kier alpha value is -3.22. The summed E-state index contributed by atoms with van der Waals surface area (Å²) in [5.74, 6) is -4.51. The second-order valence-corrected chi connectivity index (χ2v) is 30.0. The highest BCUT2D eigenvalue weighted by Crippen LogP contribution is 2.82. The fourth-order valence-corrected chi connectivity index (χ4v) is 19.4. The average Bonchev–Trinajstić information content (AvgIpc) is 1.59. The van der Waals surface area contributed by atoms with Crippen LogP contribution >= 0.6 is 0 Å². The van der Waals surface area contributed by atoms with Crippen LogP contribution < -0.4 is 0 Å². The van der Waals surface area contributed by atoms with Crippen molar-refractivity contribution < 1.29 is 142 Å². The first-order valence-electron chi connectivity index (χ1n) is 32.8. The SMILES string of the molecule is CC=C(C)C(=O)OC1C(OC(=O)CC)C23C(O)OC4(CCC5C6(C)CCC(OC7OC(C(=O)O)C(O)C(OC8OC(CO)C(O)C(O)C8OC8OC(C)C(O)C(O)C8O)C7OC7OC(CO)C(O)C(O)C7O)C(C)(C)C6CCC5(C)C4(C)CC2OC(C)=O)C3CC1(C)C. The fraction of sp³-hybridized carbons (Fsp3) is 0.906. The molecule has 10 rings (SSSR count). The Balaban J connectivity index is 0.991. The Labute approximate surface area is 539 Å². The lowest BCUT2D eigenvalue weighted by atomic mass is 9.30. The van der Waals surface area contributed by atoms with Crippen LogP contribution in [-0.2, 0) is 76.0 Å². The molecule has 0 aromatic carbocycles. The van der Waals surface area contributed by atoms with Crippen LogP contribution in [-0.4, -0.2) is 263 Å². The van der Waals surface area contributed by atoms with Gasteiger partial charge in [-0.2, -0.15) is 0 Å². The lowest BCUT2D eigenvalue weighted by molar-refractivity contribution is -0.406. The monoisotopic (exact) mass is 1330 g/mol. The molecule has 5 saturated carbocycles. The molecule has 0 aromatic heterocycles. The quantitative estimate of drug-likeness (QED) is 0.0385. The standard InChI is InChI=1S/C64H100O29/c1-13-25(3)52(80)92-49-50(87-35(68)14-2)64-32(21-58(49,6)7)63(93-57(64)81)20-16-31-60(10)18-17-33(59(8,9)30(60)15-19-61(31,11)62(63,12)22-34(64)83-27(5)67)86-56-48(91-54-43(76)40(73)37(70)28(23-65)84-54)45(44(77)46(89-56)51(78)79)88-55-47(41(74)38(71)29(24-66)85-55)90-53-42(75)39(72)36(69)26(4)82-53/h13,26,28-34,36-50,53-57,65-66,69-77,81H,14-24H2,1-12H3,(H,78,79). The number of carboxylic acids is 1. The predicted molar refractivity (Wildman–Crippen MR) is 312 cm³/mol. The highest BCUT2D eigenvalue weighted by Gasteiger charge is 2.86. The van der Waals surface area contributed by atoms with E-state index in [4.69, 9.17) is 56.8 Å². The van der Waals surface area contributed by atoms with E-state index in [2.05, 4.69) is 20.8 Å². The van der Waals surface area contributed by atoms with Gasteiger partial charge in [0.1, 0.15) is 103 Å². The molecule has 0 aromatic rings. The van der Waals surface area contributed by atoms with Crippen LogP contribution in [0, 0.1) is 50.2 Å². The maximum absolute atomic E-state index is 13.8. The number of aliphatic hydroxyl groups excluding tert-OH is 12. The van der Waals surface area contributed by atoms with Crippen LogP contribution in [0.3, 0.4) is 0 Å². The minimum absolute atomic E-state index is 0.0428. The number of allylic oxidation sites excluding steroid dienone is 1. The Morgan fingerprint density at radius 1 is 0.559 bits per heavy atom. The van der Waals surface area contributed by atoms with Gasteiger partial charge in [-0.3, -0.25) is 9.59 Å². The van der Waals surface area contributed by atoms with Crippen molar-refractivity contribution in [2.75, 3.05) is 13.2 Å². The third kappa shape index (κ3) is 11.4. The summed E-state index contributed by atoms with van der Waals surface area (Å²) in [4.78, 5) is 54.4. The van der Waals surface area contributed by atoms with Crippen LogP contribution in [0.25, 0.3) is 0 Å². The van der Waals surface area contributed by atoms with Crippen LogP contribution in [0.4, 0.5) is 0 Å². The van der Waals surface area contributed by atoms with Gasteiger partial charge in [0.25, 0.3) is 0 Å². The molecular formula is C64H100O29. The van der Waals surface area contributed by atoms with Crippen LogP contribution in [0.15, 0.2) is 11.6 Å². The van der Waals surface area contributed by atoms with Gasteiger partial charge in [0.2, 0.25) is 0 Å². The van der Waals surface area contributed by atoms with E-state index in [-0.39, 0.29) is 31.1 Å². The molecule has 1 spiro atoms. The normalized spacial score (nSPS) is 51.6. The number of fused-ring (bicyclic) bond motifs is 4. The van der Waals surface area contributed by atoms with Crippen molar-refractivity contribution in [2.45, 2.75) is 300 Å². The molecule has 10 fully saturated rings. The van der Waals surface area contributed by atoms with E-state index in [9.17, 15) is 85.6 Å². The number of hydrogen-bond acceptors (Lipinski definition) is 28. The lowest BCUT2D eigenvalue weighted by Gasteiger charge is -2.75. The van der Waals surface area contributed by atoms with Gasteiger partial charge in [0, 0.05) is 35.7 Å². The number of carboxylic acid groups (broad SMARTS) is 1. The third-order valence-corrected chi connectivity index (χ3v) is 24.6. The van der Waals surface area contributed by atoms with Crippen molar-refractivity contribution in [3.63, 3.8) is 0 Å². The fourth-order valence-electron chi connectivity index (χ4n) is 19.4. The molecule has 10 aliphatic rings. The Bertz CT molecular complexity index is 2770. The van der Waals surface area contributed by atoms with Gasteiger partial charge < -0.3 is 123 Å². The molecule has 5 saturated heterocycles. The molecule has 5 aliphatic carbocycles. The molecule has 530 valence electrons. The van der Waals surface area contributed by atoms with E-state index in [1.807, 2.05) is 27.7 Å². The minimum Gasteiger partial charge on any atom is -0.479 e. The highest BCUT2D eigenvalue weighted by molar-refractivity contribution is 5.88. The molecule has 0 radical (unpaired) electrons. The number of hydrogen-bond donors (Lipinski definition) is 13. The zero-order chi connectivity index (χ0) is 68.5. The molecule has 33 unspecified atom stereocenters. The van der Waals surface area contributed by atoms with Crippen LogP contribution in [0.5, 0.6) is 0 Å². The van der Waals surface area contributed by atoms with Crippen molar-refractivity contribution in [1.82, 2.24) is 0 Å². The first-order valence-corrected chi connectivity index (χ1v) is 32.8. The Morgan fingerprint density at radius 3 is 1.73 bits per heavy atom. The number of rotatable bonds is 16. The smallest absolute Gasteiger partial charge is 0.335 e. The van der Waals surface area contributed by atoms with Gasteiger partial charge in [0.15, 0.2) is 43.7 Å². The van der Waals surface area contributed by atoms with Crippen LogP contribution in [0.2, 0.25) is 0 Å². The summed E-state index contributed by atoms with van der Waals surface area (Å²) < 4.78 is 75.8. The maximum Gasteiger partial charge on any atom is 0.335 e. The summed E-state index contributed by atoms with van der Waals surface area (Å²) >= 11 is 0. The summed E-state index contributed by atoms with van der Waals surface area (Å²) in [6, 6.07) is 0. The molecule has 13 N–H and O–H groups in total. The predicted octanol–water partition coefficient (Wildman–Crippen LogP) is -0.922. The van der Waals surface area contributed by atoms with E-state index in [1.165, 1.54) is 13.8 Å². The topological polar surface area (TPSA) is 442 Å². The summed E-state index contributed by atoms with van der Waals surface area (Å²) in [6.07, 6.45) is -39.5. The number of carbonyl (C=O) groups is 4. The van der Waals surface area contributed by atoms with Gasteiger partial charge in [-0.1, -0.05) is 61.5 Å². The molecule has 29 heteroatoms. The first kappa shape index (κ1) is 72.5. The van der Waals surface area contributed by atoms with E-state index in [0.717, 1.165) is 0 Å². The van der Waals surface area contributed by atoms with E-state index in [1.54, 1.807) is 26.8 Å². The third-order valence-electron chi connectivity index (χ3n) is 24.6. The summed E-state index contributed by atoms with van der Waals surface area (Å²) in [5, 5.41) is 145. The number of aliphatic carboxylic acids is 1. The Kier molecular flexibility index (Phi) is 20.4.